The lowest BCUT2D eigenvalue weighted by Gasteiger charge is -2.24. The number of anilines is 1. The number of aromatic nitrogens is 1. The average molecular weight is 586 g/mol. The smallest absolute Gasteiger partial charge is 0.264 e. The van der Waals surface area contributed by atoms with Gasteiger partial charge < -0.3 is 9.30 Å². The van der Waals surface area contributed by atoms with Crippen LogP contribution in [0.2, 0.25) is 10.0 Å². The van der Waals surface area contributed by atoms with Gasteiger partial charge in [0, 0.05) is 38.8 Å². The Morgan fingerprint density at radius 3 is 2.36 bits per heavy atom. The number of nitrogens with one attached hydrogen (secondary N) is 1. The van der Waals surface area contributed by atoms with Gasteiger partial charge >= 0.3 is 0 Å². The van der Waals surface area contributed by atoms with Crippen molar-refractivity contribution in [1.82, 2.24) is 9.99 Å². The molecule has 0 radical (unpaired) electrons. The molecule has 0 saturated carbocycles. The summed E-state index contributed by atoms with van der Waals surface area (Å²) in [7, 11) is -2.58. The number of aryl methyl sites for hydroxylation is 1. The van der Waals surface area contributed by atoms with Gasteiger partial charge in [-0.2, -0.15) is 5.10 Å². The highest BCUT2D eigenvalue weighted by Gasteiger charge is 2.27. The van der Waals surface area contributed by atoms with Crippen LogP contribution in [0.1, 0.15) is 17.0 Å². The molecule has 1 N–H and O–H groups in total. The molecular weight excluding hydrogens is 559 g/mol. The fraction of sp³-hybridized carbons (Fsp3) is 0.143. The molecule has 4 aromatic rings. The molecule has 3 aromatic carbocycles. The molecule has 8 nitrogen and oxygen atoms in total. The van der Waals surface area contributed by atoms with Crippen molar-refractivity contribution < 1.29 is 17.9 Å². The second-order valence-electron chi connectivity index (χ2n) is 8.61. The summed E-state index contributed by atoms with van der Waals surface area (Å²) in [6.07, 6.45) is 1.50. The van der Waals surface area contributed by atoms with Gasteiger partial charge in [0.1, 0.15) is 12.3 Å². The van der Waals surface area contributed by atoms with E-state index in [1.807, 2.05) is 24.5 Å². The molecule has 0 unspecified atom stereocenters. The summed E-state index contributed by atoms with van der Waals surface area (Å²) in [5.41, 5.74) is 6.04. The zero-order chi connectivity index (χ0) is 28.2. The largest absolute Gasteiger partial charge is 0.497 e. The average Bonchev–Trinajstić information content (AvgIpc) is 3.19. The Hall–Kier alpha value is -3.79. The van der Waals surface area contributed by atoms with Crippen molar-refractivity contribution in [2.45, 2.75) is 18.7 Å². The number of carbonyl (C=O) groups excluding carboxylic acids is 1. The quantitative estimate of drug-likeness (QED) is 0.200. The number of benzene rings is 3. The van der Waals surface area contributed by atoms with E-state index in [2.05, 4.69) is 10.5 Å². The third-order valence-corrected chi connectivity index (χ3v) is 8.15. The van der Waals surface area contributed by atoms with Gasteiger partial charge in [-0.15, -0.1) is 0 Å². The number of ether oxygens (including phenoxy) is 1. The van der Waals surface area contributed by atoms with Gasteiger partial charge in [-0.1, -0.05) is 47.5 Å². The van der Waals surface area contributed by atoms with Gasteiger partial charge in [0.15, 0.2) is 0 Å². The normalized spacial score (nSPS) is 11.5. The van der Waals surface area contributed by atoms with Crippen LogP contribution in [0.3, 0.4) is 0 Å². The Morgan fingerprint density at radius 1 is 1.00 bits per heavy atom. The van der Waals surface area contributed by atoms with Gasteiger partial charge in [-0.25, -0.2) is 13.8 Å². The highest BCUT2D eigenvalue weighted by atomic mass is 35.5. The number of methoxy groups -OCH3 is 1. The van der Waals surface area contributed by atoms with Gasteiger partial charge in [-0.3, -0.25) is 9.10 Å². The van der Waals surface area contributed by atoms with Crippen LogP contribution in [-0.2, 0) is 14.8 Å². The Morgan fingerprint density at radius 2 is 1.69 bits per heavy atom. The van der Waals surface area contributed by atoms with Crippen molar-refractivity contribution >= 4 is 51.0 Å². The van der Waals surface area contributed by atoms with E-state index in [1.54, 1.807) is 60.7 Å². The number of sulfonamides is 1. The molecule has 1 amide bonds. The first kappa shape index (κ1) is 28.2. The van der Waals surface area contributed by atoms with Crippen LogP contribution in [0.5, 0.6) is 5.75 Å². The lowest BCUT2D eigenvalue weighted by Crippen LogP contribution is -2.39. The number of hydrogen-bond acceptors (Lipinski definition) is 5. The van der Waals surface area contributed by atoms with Crippen LogP contribution in [0, 0.1) is 13.8 Å². The first-order valence-corrected chi connectivity index (χ1v) is 14.0. The van der Waals surface area contributed by atoms with E-state index in [-0.39, 0.29) is 10.6 Å². The maximum Gasteiger partial charge on any atom is 0.264 e. The van der Waals surface area contributed by atoms with E-state index in [0.717, 1.165) is 26.9 Å². The van der Waals surface area contributed by atoms with Crippen LogP contribution in [0.4, 0.5) is 5.69 Å². The van der Waals surface area contributed by atoms with Crippen LogP contribution < -0.4 is 14.5 Å². The monoisotopic (exact) mass is 584 g/mol. The van der Waals surface area contributed by atoms with Crippen molar-refractivity contribution in [3.63, 3.8) is 0 Å². The number of halogens is 2. The second kappa shape index (κ2) is 11.9. The minimum absolute atomic E-state index is 0.0534. The predicted octanol–water partition coefficient (Wildman–Crippen LogP) is 5.76. The van der Waals surface area contributed by atoms with E-state index in [0.29, 0.717) is 15.8 Å². The van der Waals surface area contributed by atoms with E-state index in [9.17, 15) is 13.2 Å². The molecule has 1 heterocycles. The number of rotatable bonds is 9. The maximum absolute atomic E-state index is 13.5. The Labute approximate surface area is 237 Å². The lowest BCUT2D eigenvalue weighted by molar-refractivity contribution is -0.119. The summed E-state index contributed by atoms with van der Waals surface area (Å²) in [5.74, 6) is -0.167. The Balaban J connectivity index is 1.57. The molecule has 0 aliphatic carbocycles. The third-order valence-electron chi connectivity index (χ3n) is 5.93. The third kappa shape index (κ3) is 6.44. The van der Waals surface area contributed by atoms with Crippen molar-refractivity contribution in [3.05, 3.63) is 106 Å². The molecule has 0 bridgehead atoms. The van der Waals surface area contributed by atoms with Crippen molar-refractivity contribution in [2.75, 3.05) is 18.0 Å². The van der Waals surface area contributed by atoms with Gasteiger partial charge in [0.2, 0.25) is 0 Å². The van der Waals surface area contributed by atoms with Gasteiger partial charge in [-0.05, 0) is 62.4 Å². The zero-order valence-corrected chi connectivity index (χ0v) is 23.8. The molecule has 0 spiro atoms. The molecule has 0 fully saturated rings. The highest BCUT2D eigenvalue weighted by Crippen LogP contribution is 2.28. The minimum atomic E-state index is -4.06. The maximum atomic E-state index is 13.5. The summed E-state index contributed by atoms with van der Waals surface area (Å²) in [6.45, 7) is 3.34. The molecule has 202 valence electrons. The van der Waals surface area contributed by atoms with Crippen molar-refractivity contribution in [1.29, 1.82) is 0 Å². The molecule has 0 aliphatic heterocycles. The van der Waals surface area contributed by atoms with Crippen LogP contribution in [-0.4, -0.2) is 38.8 Å². The number of amides is 1. The summed E-state index contributed by atoms with van der Waals surface area (Å²) in [5, 5.41) is 5.11. The zero-order valence-electron chi connectivity index (χ0n) is 21.4. The first-order valence-electron chi connectivity index (χ1n) is 11.8. The summed E-state index contributed by atoms with van der Waals surface area (Å²) in [4.78, 5) is 13.0. The number of hydrazone groups is 1. The first-order chi connectivity index (χ1) is 18.6. The van der Waals surface area contributed by atoms with E-state index in [1.165, 1.54) is 25.5 Å². The number of hydrogen-bond donors (Lipinski definition) is 1. The van der Waals surface area contributed by atoms with Crippen LogP contribution in [0.15, 0.2) is 88.9 Å². The fourth-order valence-electron chi connectivity index (χ4n) is 4.12. The fourth-order valence-corrected chi connectivity index (χ4v) is 6.07. The van der Waals surface area contributed by atoms with E-state index in [4.69, 9.17) is 27.9 Å². The lowest BCUT2D eigenvalue weighted by atomic mass is 10.2. The number of carbonyl (C=O) groups is 1. The second-order valence-corrected chi connectivity index (χ2v) is 11.3. The Bertz CT molecular complexity index is 1620. The predicted molar refractivity (Wildman–Crippen MR) is 155 cm³/mol. The minimum Gasteiger partial charge on any atom is -0.497 e. The molecule has 4 rings (SSSR count). The van der Waals surface area contributed by atoms with Crippen molar-refractivity contribution in [2.24, 2.45) is 5.10 Å². The van der Waals surface area contributed by atoms with Crippen LogP contribution >= 0.6 is 23.2 Å². The van der Waals surface area contributed by atoms with Crippen molar-refractivity contribution in [3.8, 4) is 11.4 Å². The SMILES string of the molecule is COc1cccc(N(CC(=O)N/N=C/c2cc(C)n(-c3cc(Cl)cc(Cl)c3)c2C)S(=O)(=O)c2ccccc2)c1. The van der Waals surface area contributed by atoms with Gasteiger partial charge in [0.25, 0.3) is 15.9 Å². The molecule has 0 atom stereocenters. The molecule has 0 aliphatic rings. The molecule has 0 saturated heterocycles. The van der Waals surface area contributed by atoms with E-state index < -0.39 is 22.5 Å². The summed E-state index contributed by atoms with van der Waals surface area (Å²) >= 11 is 12.4. The molecular formula is C28H26Cl2N4O4S. The standard InChI is InChI=1S/C28H26Cl2N4O4S/c1-19-12-21(20(2)34(19)25-14-22(29)13-23(30)15-25)17-31-32-28(35)18-33(24-8-7-9-26(16-24)38-3)39(36,37)27-10-5-4-6-11-27/h4-17H,18H2,1-3H3,(H,32,35)/b31-17+. The molecule has 1 aromatic heterocycles. The number of nitrogens with zero attached hydrogens (tertiary/aromatic N) is 3. The molecule has 11 heteroatoms. The molecule has 39 heavy (non-hydrogen) atoms. The summed E-state index contributed by atoms with van der Waals surface area (Å²) < 4.78 is 35.2. The Kier molecular flexibility index (Phi) is 8.64. The van der Waals surface area contributed by atoms with Crippen LogP contribution in [0.25, 0.3) is 5.69 Å². The van der Waals surface area contributed by atoms with E-state index >= 15 is 0 Å². The van der Waals surface area contributed by atoms with Gasteiger partial charge in [0.05, 0.1) is 23.9 Å². The highest BCUT2D eigenvalue weighted by molar-refractivity contribution is 7.92. The topological polar surface area (TPSA) is 93.0 Å². The summed E-state index contributed by atoms with van der Waals surface area (Å²) in [6, 6.07) is 21.6.